The van der Waals surface area contributed by atoms with E-state index in [1.165, 1.54) is 17.7 Å². The van der Waals surface area contributed by atoms with Crippen LogP contribution in [0, 0.1) is 5.92 Å². The number of likely N-dealkylation sites (tertiary alicyclic amines) is 1. The molecule has 1 saturated heterocycles. The lowest BCUT2D eigenvalue weighted by atomic mass is 10.1. The molecule has 0 bridgehead atoms. The predicted octanol–water partition coefficient (Wildman–Crippen LogP) is 3.82. The van der Waals surface area contributed by atoms with E-state index in [0.29, 0.717) is 11.8 Å². The van der Waals surface area contributed by atoms with E-state index in [1.807, 2.05) is 18.3 Å². The molecule has 5 rings (SSSR count). The molecular formula is C22H22N4O. The van der Waals surface area contributed by atoms with Crippen molar-refractivity contribution in [3.05, 3.63) is 72.2 Å². The summed E-state index contributed by atoms with van der Waals surface area (Å²) in [5, 5.41) is 0. The van der Waals surface area contributed by atoms with Gasteiger partial charge in [0.2, 0.25) is 5.88 Å². The van der Waals surface area contributed by atoms with E-state index in [-0.39, 0.29) is 0 Å². The molecule has 5 nitrogen and oxygen atoms in total. The lowest BCUT2D eigenvalue weighted by Gasteiger charge is -2.21. The van der Waals surface area contributed by atoms with Gasteiger partial charge in [-0.15, -0.1) is 0 Å². The van der Waals surface area contributed by atoms with E-state index >= 15 is 0 Å². The summed E-state index contributed by atoms with van der Waals surface area (Å²) in [5.41, 5.74) is 5.68. The van der Waals surface area contributed by atoms with Gasteiger partial charge >= 0.3 is 0 Å². The largest absolute Gasteiger partial charge is 0.481 e. The Morgan fingerprint density at radius 3 is 2.85 bits per heavy atom. The van der Waals surface area contributed by atoms with E-state index in [9.17, 15) is 0 Å². The van der Waals surface area contributed by atoms with E-state index in [1.54, 1.807) is 7.11 Å². The van der Waals surface area contributed by atoms with Crippen LogP contribution in [0.3, 0.4) is 0 Å². The molecule has 27 heavy (non-hydrogen) atoms. The van der Waals surface area contributed by atoms with Gasteiger partial charge in [0.15, 0.2) is 0 Å². The Bertz CT molecular complexity index is 1000. The van der Waals surface area contributed by atoms with Gasteiger partial charge in [-0.2, -0.15) is 0 Å². The molecule has 0 unspecified atom stereocenters. The minimum Gasteiger partial charge on any atom is -0.481 e. The zero-order chi connectivity index (χ0) is 18.2. The predicted molar refractivity (Wildman–Crippen MR) is 106 cm³/mol. The number of fused-ring (bicyclic) bond motifs is 2. The van der Waals surface area contributed by atoms with Crippen molar-refractivity contribution in [2.45, 2.75) is 13.0 Å². The number of benzene rings is 1. The first-order valence-corrected chi connectivity index (χ1v) is 9.39. The van der Waals surface area contributed by atoms with Gasteiger partial charge in [0.05, 0.1) is 18.3 Å². The van der Waals surface area contributed by atoms with Crippen LogP contribution in [0.5, 0.6) is 5.88 Å². The first kappa shape index (κ1) is 16.1. The standard InChI is InChI=1S/C22H22N4O/c1-27-21-8-7-18-22(24-21)19(9-11-23-18)26-14-17-10-12-25(20(17)15-26)13-16-5-3-2-4-6-16/h2-9,11,15,17H,10,12-14H2,1H3/t17-/m1/s1. The summed E-state index contributed by atoms with van der Waals surface area (Å²) >= 11 is 0. The molecule has 0 saturated carbocycles. The number of anilines is 1. The molecule has 2 aliphatic heterocycles. The van der Waals surface area contributed by atoms with Crippen molar-refractivity contribution in [3.8, 4) is 5.88 Å². The van der Waals surface area contributed by atoms with Crippen LogP contribution in [0.15, 0.2) is 66.6 Å². The SMILES string of the molecule is COc1ccc2nccc(N3C=C4[C@H](CCN4Cc4ccccc4)C3)c2n1. The maximum atomic E-state index is 5.32. The van der Waals surface area contributed by atoms with Crippen LogP contribution in [0.1, 0.15) is 12.0 Å². The summed E-state index contributed by atoms with van der Waals surface area (Å²) in [6.07, 6.45) is 5.37. The zero-order valence-corrected chi connectivity index (χ0v) is 15.4. The summed E-state index contributed by atoms with van der Waals surface area (Å²) in [6.45, 7) is 3.10. The summed E-state index contributed by atoms with van der Waals surface area (Å²) in [6, 6.07) is 16.6. The Balaban J connectivity index is 1.47. The second kappa shape index (κ2) is 6.58. The number of pyridine rings is 2. The summed E-state index contributed by atoms with van der Waals surface area (Å²) in [7, 11) is 1.65. The maximum absolute atomic E-state index is 5.32. The van der Waals surface area contributed by atoms with E-state index in [0.717, 1.165) is 36.4 Å². The highest BCUT2D eigenvalue weighted by Gasteiger charge is 2.34. The molecular weight excluding hydrogens is 336 g/mol. The average Bonchev–Trinajstić information content (AvgIpc) is 3.30. The van der Waals surface area contributed by atoms with E-state index < -0.39 is 0 Å². The van der Waals surface area contributed by atoms with Gasteiger partial charge in [-0.05, 0) is 24.1 Å². The lowest BCUT2D eigenvalue weighted by molar-refractivity contribution is 0.384. The Labute approximate surface area is 158 Å². The third-order valence-electron chi connectivity index (χ3n) is 5.51. The van der Waals surface area contributed by atoms with Crippen molar-refractivity contribution in [1.29, 1.82) is 0 Å². The number of nitrogens with zero attached hydrogens (tertiary/aromatic N) is 4. The zero-order valence-electron chi connectivity index (χ0n) is 15.4. The number of ether oxygens (including phenoxy) is 1. The highest BCUT2D eigenvalue weighted by molar-refractivity contribution is 5.89. The first-order valence-electron chi connectivity index (χ1n) is 9.39. The van der Waals surface area contributed by atoms with Crippen molar-refractivity contribution in [3.63, 3.8) is 0 Å². The van der Waals surface area contributed by atoms with Gasteiger partial charge in [-0.25, -0.2) is 4.98 Å². The van der Waals surface area contributed by atoms with E-state index in [4.69, 9.17) is 4.74 Å². The highest BCUT2D eigenvalue weighted by atomic mass is 16.5. The summed E-state index contributed by atoms with van der Waals surface area (Å²) < 4.78 is 5.32. The third-order valence-corrected chi connectivity index (χ3v) is 5.51. The molecule has 1 atom stereocenters. The molecule has 1 fully saturated rings. The van der Waals surface area contributed by atoms with Crippen LogP contribution in [0.2, 0.25) is 0 Å². The fourth-order valence-electron chi connectivity index (χ4n) is 4.15. The molecule has 0 radical (unpaired) electrons. The van der Waals surface area contributed by atoms with E-state index in [2.05, 4.69) is 62.4 Å². The van der Waals surface area contributed by atoms with Gasteiger partial charge in [-0.3, -0.25) is 4.98 Å². The monoisotopic (exact) mass is 358 g/mol. The molecule has 0 N–H and O–H groups in total. The van der Waals surface area contributed by atoms with Crippen LogP contribution < -0.4 is 9.64 Å². The number of hydrogen-bond donors (Lipinski definition) is 0. The smallest absolute Gasteiger partial charge is 0.213 e. The fourth-order valence-corrected chi connectivity index (χ4v) is 4.15. The number of methoxy groups -OCH3 is 1. The molecule has 5 heteroatoms. The molecule has 0 aliphatic carbocycles. The van der Waals surface area contributed by atoms with Gasteiger partial charge in [0, 0.05) is 49.7 Å². The Morgan fingerprint density at radius 2 is 2.00 bits per heavy atom. The van der Waals surface area contributed by atoms with Crippen LogP contribution in [0.4, 0.5) is 5.69 Å². The lowest BCUT2D eigenvalue weighted by Crippen LogP contribution is -2.18. The van der Waals surface area contributed by atoms with Gasteiger partial charge < -0.3 is 14.5 Å². The first-order chi connectivity index (χ1) is 13.3. The number of hydrogen-bond acceptors (Lipinski definition) is 5. The molecule has 0 amide bonds. The molecule has 4 heterocycles. The van der Waals surface area contributed by atoms with Crippen molar-refractivity contribution < 1.29 is 4.74 Å². The van der Waals surface area contributed by atoms with Crippen molar-refractivity contribution in [2.24, 2.45) is 5.92 Å². The third kappa shape index (κ3) is 2.89. The summed E-state index contributed by atoms with van der Waals surface area (Å²) in [4.78, 5) is 13.9. The Kier molecular flexibility index (Phi) is 3.93. The second-order valence-electron chi connectivity index (χ2n) is 7.15. The molecule has 2 aliphatic rings. The van der Waals surface area contributed by atoms with Crippen molar-refractivity contribution >= 4 is 16.7 Å². The molecule has 136 valence electrons. The highest BCUT2D eigenvalue weighted by Crippen LogP contribution is 2.38. The van der Waals surface area contributed by atoms with Crippen LogP contribution >= 0.6 is 0 Å². The summed E-state index contributed by atoms with van der Waals surface area (Å²) in [5.74, 6) is 1.21. The normalized spacial score (nSPS) is 18.7. The van der Waals surface area contributed by atoms with Crippen molar-refractivity contribution in [2.75, 3.05) is 25.1 Å². The average molecular weight is 358 g/mol. The van der Waals surface area contributed by atoms with Crippen LogP contribution in [-0.2, 0) is 6.54 Å². The van der Waals surface area contributed by atoms with Gasteiger partial charge in [-0.1, -0.05) is 30.3 Å². The minimum absolute atomic E-state index is 0.586. The topological polar surface area (TPSA) is 41.5 Å². The second-order valence-corrected chi connectivity index (χ2v) is 7.15. The Hall–Kier alpha value is -3.08. The molecule has 2 aromatic heterocycles. The van der Waals surface area contributed by atoms with Crippen molar-refractivity contribution in [1.82, 2.24) is 14.9 Å². The van der Waals surface area contributed by atoms with Gasteiger partial charge in [0.25, 0.3) is 0 Å². The molecule has 3 aromatic rings. The molecule has 0 spiro atoms. The quantitative estimate of drug-likeness (QED) is 0.709. The van der Waals surface area contributed by atoms with Crippen LogP contribution in [-0.4, -0.2) is 35.1 Å². The minimum atomic E-state index is 0.586. The number of rotatable bonds is 4. The maximum Gasteiger partial charge on any atom is 0.213 e. The fraction of sp³-hybridized carbons (Fsp3) is 0.273. The number of aromatic nitrogens is 2. The molecule has 1 aromatic carbocycles. The van der Waals surface area contributed by atoms with Gasteiger partial charge in [0.1, 0.15) is 5.52 Å². The Morgan fingerprint density at radius 1 is 1.11 bits per heavy atom. The van der Waals surface area contributed by atoms with Crippen LogP contribution in [0.25, 0.3) is 11.0 Å².